The topological polar surface area (TPSA) is 43.4 Å². The maximum absolute atomic E-state index is 5.46. The van der Waals surface area contributed by atoms with Crippen LogP contribution in [-0.2, 0) is 9.47 Å². The summed E-state index contributed by atoms with van der Waals surface area (Å²) in [5.41, 5.74) is 4.12. The first kappa shape index (κ1) is 12.1. The van der Waals surface area contributed by atoms with Crippen LogP contribution in [0, 0.1) is 6.92 Å². The number of pyridine rings is 1. The SMILES string of the molecule is Cc1cc(Nc2ccc(C3OCCO3)cc2)ccn1. The minimum absolute atomic E-state index is 0.211. The molecule has 1 aromatic carbocycles. The van der Waals surface area contributed by atoms with Gasteiger partial charge in [-0.25, -0.2) is 0 Å². The molecular weight excluding hydrogens is 240 g/mol. The lowest BCUT2D eigenvalue weighted by atomic mass is 10.2. The first-order valence-corrected chi connectivity index (χ1v) is 6.34. The number of aryl methyl sites for hydroxylation is 1. The molecule has 1 fully saturated rings. The molecule has 98 valence electrons. The number of aromatic nitrogens is 1. The Labute approximate surface area is 112 Å². The van der Waals surface area contributed by atoms with Gasteiger partial charge in [0.05, 0.1) is 13.2 Å². The van der Waals surface area contributed by atoms with E-state index in [4.69, 9.17) is 9.47 Å². The van der Waals surface area contributed by atoms with Crippen LogP contribution in [0.25, 0.3) is 0 Å². The van der Waals surface area contributed by atoms with Crippen molar-refractivity contribution < 1.29 is 9.47 Å². The molecule has 1 saturated heterocycles. The largest absolute Gasteiger partial charge is 0.355 e. The molecule has 0 unspecified atom stereocenters. The molecule has 1 aliphatic heterocycles. The molecule has 0 amide bonds. The zero-order valence-electron chi connectivity index (χ0n) is 10.8. The second-order valence-corrected chi connectivity index (χ2v) is 4.51. The van der Waals surface area contributed by atoms with Crippen molar-refractivity contribution in [2.45, 2.75) is 13.2 Å². The molecule has 0 bridgehead atoms. The van der Waals surface area contributed by atoms with Crippen LogP contribution in [0.15, 0.2) is 42.6 Å². The molecule has 1 N–H and O–H groups in total. The standard InChI is InChI=1S/C15H16N2O2/c1-11-10-14(6-7-16-11)17-13-4-2-12(3-5-13)15-18-8-9-19-15/h2-7,10,15H,8-9H2,1H3,(H,16,17). The van der Waals surface area contributed by atoms with Crippen LogP contribution in [0.3, 0.4) is 0 Å². The van der Waals surface area contributed by atoms with Gasteiger partial charge in [-0.3, -0.25) is 4.98 Å². The molecule has 4 heteroatoms. The summed E-state index contributed by atoms with van der Waals surface area (Å²) in [7, 11) is 0. The Morgan fingerprint density at radius 3 is 2.47 bits per heavy atom. The highest BCUT2D eigenvalue weighted by Gasteiger charge is 2.17. The van der Waals surface area contributed by atoms with Crippen LogP contribution in [0.5, 0.6) is 0 Å². The van der Waals surface area contributed by atoms with Crippen LogP contribution in [0.1, 0.15) is 17.5 Å². The van der Waals surface area contributed by atoms with Crippen molar-refractivity contribution in [1.82, 2.24) is 4.98 Å². The van der Waals surface area contributed by atoms with E-state index < -0.39 is 0 Å². The highest BCUT2D eigenvalue weighted by Crippen LogP contribution is 2.25. The molecule has 0 spiro atoms. The van der Waals surface area contributed by atoms with E-state index in [0.717, 1.165) is 22.6 Å². The van der Waals surface area contributed by atoms with Gasteiger partial charge < -0.3 is 14.8 Å². The van der Waals surface area contributed by atoms with Crippen LogP contribution >= 0.6 is 0 Å². The molecule has 4 nitrogen and oxygen atoms in total. The Kier molecular flexibility index (Phi) is 3.44. The zero-order valence-corrected chi connectivity index (χ0v) is 10.8. The third-order valence-corrected chi connectivity index (χ3v) is 2.99. The Balaban J connectivity index is 1.72. The molecular formula is C15H16N2O2. The van der Waals surface area contributed by atoms with Crippen molar-refractivity contribution in [3.63, 3.8) is 0 Å². The average Bonchev–Trinajstić information content (AvgIpc) is 2.94. The minimum atomic E-state index is -0.211. The van der Waals surface area contributed by atoms with Gasteiger partial charge in [-0.2, -0.15) is 0 Å². The summed E-state index contributed by atoms with van der Waals surface area (Å²) in [6.45, 7) is 3.31. The van der Waals surface area contributed by atoms with Crippen molar-refractivity contribution in [2.24, 2.45) is 0 Å². The molecule has 2 heterocycles. The molecule has 0 aliphatic carbocycles. The highest BCUT2D eigenvalue weighted by molar-refractivity contribution is 5.59. The summed E-state index contributed by atoms with van der Waals surface area (Å²) >= 11 is 0. The number of rotatable bonds is 3. The Hall–Kier alpha value is -1.91. The lowest BCUT2D eigenvalue weighted by Crippen LogP contribution is -1.98. The monoisotopic (exact) mass is 256 g/mol. The van der Waals surface area contributed by atoms with Gasteiger partial charge in [-0.05, 0) is 31.2 Å². The van der Waals surface area contributed by atoms with Gasteiger partial charge in [0.15, 0.2) is 6.29 Å². The zero-order chi connectivity index (χ0) is 13.1. The molecule has 0 radical (unpaired) electrons. The third-order valence-electron chi connectivity index (χ3n) is 2.99. The predicted octanol–water partition coefficient (Wildman–Crippen LogP) is 3.18. The predicted molar refractivity (Wildman–Crippen MR) is 73.3 cm³/mol. The van der Waals surface area contributed by atoms with Gasteiger partial charge in [0.1, 0.15) is 0 Å². The first-order valence-electron chi connectivity index (χ1n) is 6.34. The van der Waals surface area contributed by atoms with Gasteiger partial charge in [0.2, 0.25) is 0 Å². The Morgan fingerprint density at radius 2 is 1.79 bits per heavy atom. The number of anilines is 2. The molecule has 19 heavy (non-hydrogen) atoms. The fourth-order valence-electron chi connectivity index (χ4n) is 2.06. The van der Waals surface area contributed by atoms with Crippen molar-refractivity contribution in [3.05, 3.63) is 53.9 Å². The number of nitrogens with one attached hydrogen (secondary N) is 1. The molecule has 2 aromatic rings. The van der Waals surface area contributed by atoms with Crippen LogP contribution in [-0.4, -0.2) is 18.2 Å². The van der Waals surface area contributed by atoms with Crippen molar-refractivity contribution in [2.75, 3.05) is 18.5 Å². The molecule has 3 rings (SSSR count). The minimum Gasteiger partial charge on any atom is -0.355 e. The van der Waals surface area contributed by atoms with E-state index in [1.165, 1.54) is 0 Å². The normalized spacial score (nSPS) is 15.6. The van der Waals surface area contributed by atoms with Crippen molar-refractivity contribution in [3.8, 4) is 0 Å². The molecule has 1 aliphatic rings. The van der Waals surface area contributed by atoms with Gasteiger partial charge in [-0.1, -0.05) is 12.1 Å². The first-order chi connectivity index (χ1) is 9.31. The maximum Gasteiger partial charge on any atom is 0.184 e. The number of nitrogens with zero attached hydrogens (tertiary/aromatic N) is 1. The maximum atomic E-state index is 5.46. The van der Waals surface area contributed by atoms with E-state index in [9.17, 15) is 0 Å². The van der Waals surface area contributed by atoms with E-state index in [2.05, 4.69) is 10.3 Å². The van der Waals surface area contributed by atoms with Gasteiger partial charge in [-0.15, -0.1) is 0 Å². The average molecular weight is 256 g/mol. The summed E-state index contributed by atoms with van der Waals surface area (Å²) in [6, 6.07) is 12.0. The number of ether oxygens (including phenoxy) is 2. The Morgan fingerprint density at radius 1 is 1.05 bits per heavy atom. The second-order valence-electron chi connectivity index (χ2n) is 4.51. The lowest BCUT2D eigenvalue weighted by Gasteiger charge is -2.11. The number of hydrogen-bond donors (Lipinski definition) is 1. The van der Waals surface area contributed by atoms with Crippen molar-refractivity contribution in [1.29, 1.82) is 0 Å². The fourth-order valence-corrected chi connectivity index (χ4v) is 2.06. The number of hydrogen-bond acceptors (Lipinski definition) is 4. The van der Waals surface area contributed by atoms with E-state index in [1.54, 1.807) is 6.20 Å². The lowest BCUT2D eigenvalue weighted by molar-refractivity contribution is -0.0441. The summed E-state index contributed by atoms with van der Waals surface area (Å²) in [4.78, 5) is 4.17. The quantitative estimate of drug-likeness (QED) is 0.916. The molecule has 0 saturated carbocycles. The van der Waals surface area contributed by atoms with E-state index in [1.807, 2.05) is 43.3 Å². The van der Waals surface area contributed by atoms with E-state index >= 15 is 0 Å². The summed E-state index contributed by atoms with van der Waals surface area (Å²) in [6.07, 6.45) is 1.59. The smallest absolute Gasteiger partial charge is 0.184 e. The number of benzene rings is 1. The van der Waals surface area contributed by atoms with Crippen LogP contribution in [0.4, 0.5) is 11.4 Å². The Bertz CT molecular complexity index is 548. The van der Waals surface area contributed by atoms with Gasteiger partial charge >= 0.3 is 0 Å². The summed E-state index contributed by atoms with van der Waals surface area (Å²) in [5.74, 6) is 0. The van der Waals surface area contributed by atoms with Crippen LogP contribution in [0.2, 0.25) is 0 Å². The summed E-state index contributed by atoms with van der Waals surface area (Å²) < 4.78 is 10.9. The van der Waals surface area contributed by atoms with Crippen molar-refractivity contribution >= 4 is 11.4 Å². The fraction of sp³-hybridized carbons (Fsp3) is 0.267. The van der Waals surface area contributed by atoms with Gasteiger partial charge in [0.25, 0.3) is 0 Å². The molecule has 1 aromatic heterocycles. The van der Waals surface area contributed by atoms with E-state index in [-0.39, 0.29) is 6.29 Å². The highest BCUT2D eigenvalue weighted by atomic mass is 16.7. The third kappa shape index (κ3) is 2.92. The molecule has 0 atom stereocenters. The van der Waals surface area contributed by atoms with Gasteiger partial charge in [0, 0.05) is 28.8 Å². The van der Waals surface area contributed by atoms with Crippen LogP contribution < -0.4 is 5.32 Å². The summed E-state index contributed by atoms with van der Waals surface area (Å²) in [5, 5.41) is 3.34. The van der Waals surface area contributed by atoms with E-state index in [0.29, 0.717) is 13.2 Å². The second kappa shape index (κ2) is 5.38.